The summed E-state index contributed by atoms with van der Waals surface area (Å²) in [6.45, 7) is 4.13. The van der Waals surface area contributed by atoms with Crippen molar-refractivity contribution in [3.8, 4) is 11.5 Å². The number of cyclic esters (lactones) is 1. The van der Waals surface area contributed by atoms with Crippen LogP contribution in [0.4, 0.5) is 0 Å². The van der Waals surface area contributed by atoms with Gasteiger partial charge in [0.05, 0.1) is 5.71 Å². The van der Waals surface area contributed by atoms with Crippen LogP contribution in [0.5, 0.6) is 11.5 Å². The maximum absolute atomic E-state index is 12.8. The number of aromatic hydroxyl groups is 2. The van der Waals surface area contributed by atoms with Gasteiger partial charge in [0.1, 0.15) is 29.8 Å². The van der Waals surface area contributed by atoms with Crippen LogP contribution in [0.25, 0.3) is 0 Å². The van der Waals surface area contributed by atoms with Gasteiger partial charge in [-0.1, -0.05) is 53.2 Å². The van der Waals surface area contributed by atoms with Crippen LogP contribution in [-0.2, 0) is 22.6 Å². The summed E-state index contributed by atoms with van der Waals surface area (Å²) in [5, 5.41) is 24.6. The number of phenolic OH excluding ortho intramolecular Hbond substituents is 2. The number of rotatable bonds is 3. The van der Waals surface area contributed by atoms with E-state index in [-0.39, 0.29) is 29.6 Å². The highest BCUT2D eigenvalue weighted by molar-refractivity contribution is 6.00. The monoisotopic (exact) mass is 435 g/mol. The Bertz CT molecular complexity index is 1020. The SMILES string of the molecule is Cc1ccc(CON=C2/C=C/CC/C=C/CC(C)OC(=O)c3c(O)cc(O)cc3C2)cc1. The van der Waals surface area contributed by atoms with E-state index < -0.39 is 5.97 Å². The second kappa shape index (κ2) is 11.2. The van der Waals surface area contributed by atoms with Gasteiger partial charge in [0.25, 0.3) is 0 Å². The Morgan fingerprint density at radius 3 is 2.62 bits per heavy atom. The number of hydrogen-bond donors (Lipinski definition) is 2. The third-order valence-electron chi connectivity index (χ3n) is 5.05. The third kappa shape index (κ3) is 6.74. The first-order valence-electron chi connectivity index (χ1n) is 10.7. The number of benzene rings is 2. The summed E-state index contributed by atoms with van der Waals surface area (Å²) in [6, 6.07) is 10.6. The van der Waals surface area contributed by atoms with Gasteiger partial charge in [0.2, 0.25) is 0 Å². The number of hydrogen-bond acceptors (Lipinski definition) is 6. The Kier molecular flexibility index (Phi) is 8.08. The molecule has 0 amide bonds. The summed E-state index contributed by atoms with van der Waals surface area (Å²) in [7, 11) is 0. The zero-order chi connectivity index (χ0) is 22.9. The lowest BCUT2D eigenvalue weighted by Gasteiger charge is -2.16. The molecule has 0 spiro atoms. The topological polar surface area (TPSA) is 88.4 Å². The maximum atomic E-state index is 12.8. The number of allylic oxidation sites excluding steroid dienone is 3. The zero-order valence-electron chi connectivity index (χ0n) is 18.5. The summed E-state index contributed by atoms with van der Waals surface area (Å²) in [4.78, 5) is 18.3. The minimum absolute atomic E-state index is 0.0234. The molecule has 2 aromatic carbocycles. The first kappa shape index (κ1) is 23.1. The number of carbonyl (C=O) groups is 1. The summed E-state index contributed by atoms with van der Waals surface area (Å²) in [5.41, 5.74) is 3.15. The highest BCUT2D eigenvalue weighted by Crippen LogP contribution is 2.29. The Morgan fingerprint density at radius 1 is 1.09 bits per heavy atom. The minimum Gasteiger partial charge on any atom is -0.508 e. The Hall–Kier alpha value is -3.54. The van der Waals surface area contributed by atoms with Crippen LogP contribution in [0, 0.1) is 6.92 Å². The Balaban J connectivity index is 1.89. The van der Waals surface area contributed by atoms with E-state index >= 15 is 0 Å². The molecular weight excluding hydrogens is 406 g/mol. The second-order valence-corrected chi connectivity index (χ2v) is 7.92. The Morgan fingerprint density at radius 2 is 1.84 bits per heavy atom. The van der Waals surface area contributed by atoms with Crippen molar-refractivity contribution in [2.75, 3.05) is 0 Å². The summed E-state index contributed by atoms with van der Waals surface area (Å²) in [5.74, 6) is -1.11. The highest BCUT2D eigenvalue weighted by Gasteiger charge is 2.22. The molecule has 168 valence electrons. The van der Waals surface area contributed by atoms with Crippen LogP contribution in [0.3, 0.4) is 0 Å². The number of ether oxygens (including phenoxy) is 1. The fourth-order valence-electron chi connectivity index (χ4n) is 3.34. The van der Waals surface area contributed by atoms with Crippen molar-refractivity contribution in [3.63, 3.8) is 0 Å². The molecule has 3 rings (SSSR count). The van der Waals surface area contributed by atoms with E-state index in [1.807, 2.05) is 49.4 Å². The molecule has 6 heteroatoms. The zero-order valence-corrected chi connectivity index (χ0v) is 18.5. The quantitative estimate of drug-likeness (QED) is 0.385. The lowest BCUT2D eigenvalue weighted by atomic mass is 9.99. The van der Waals surface area contributed by atoms with E-state index in [9.17, 15) is 15.0 Å². The molecule has 0 saturated heterocycles. The standard InChI is InChI=1S/C26H29NO5/c1-18-10-12-20(13-11-18)17-31-27-22-9-7-5-3-4-6-8-19(2)32-26(30)25-21(14-22)15-23(28)16-24(25)29/h4,6-7,9-13,15-16,19,28-29H,3,5,8,14,17H2,1-2H3/b6-4+,9-7+,27-22?. The highest BCUT2D eigenvalue weighted by atomic mass is 16.6. The first-order chi connectivity index (χ1) is 15.4. The maximum Gasteiger partial charge on any atom is 0.342 e. The van der Waals surface area contributed by atoms with E-state index in [1.165, 1.54) is 11.6 Å². The number of phenols is 2. The number of aryl methyl sites for hydroxylation is 1. The van der Waals surface area contributed by atoms with Gasteiger partial charge in [-0.15, -0.1) is 0 Å². The van der Waals surface area contributed by atoms with E-state index in [1.54, 1.807) is 6.92 Å². The molecular formula is C26H29NO5. The summed E-state index contributed by atoms with van der Waals surface area (Å²) >= 11 is 0. The summed E-state index contributed by atoms with van der Waals surface area (Å²) in [6.07, 6.45) is 9.96. The van der Waals surface area contributed by atoms with Crippen molar-refractivity contribution in [1.29, 1.82) is 0 Å². The lowest BCUT2D eigenvalue weighted by molar-refractivity contribution is 0.0343. The second-order valence-electron chi connectivity index (χ2n) is 7.92. The molecule has 6 nitrogen and oxygen atoms in total. The molecule has 32 heavy (non-hydrogen) atoms. The lowest BCUT2D eigenvalue weighted by Crippen LogP contribution is -2.17. The number of nitrogens with zero attached hydrogens (tertiary/aromatic N) is 1. The van der Waals surface area contributed by atoms with Gasteiger partial charge in [0.15, 0.2) is 0 Å². The van der Waals surface area contributed by atoms with E-state index in [4.69, 9.17) is 9.57 Å². The van der Waals surface area contributed by atoms with Gasteiger partial charge in [-0.3, -0.25) is 0 Å². The minimum atomic E-state index is -0.639. The van der Waals surface area contributed by atoms with E-state index in [0.717, 1.165) is 24.5 Å². The molecule has 0 saturated carbocycles. The predicted molar refractivity (Wildman–Crippen MR) is 124 cm³/mol. The molecule has 1 atom stereocenters. The molecule has 0 radical (unpaired) electrons. The summed E-state index contributed by atoms with van der Waals surface area (Å²) < 4.78 is 5.51. The fraction of sp³-hybridized carbons (Fsp3) is 0.308. The van der Waals surface area contributed by atoms with Crippen molar-refractivity contribution in [2.24, 2.45) is 5.16 Å². The fourth-order valence-corrected chi connectivity index (χ4v) is 3.34. The first-order valence-corrected chi connectivity index (χ1v) is 10.7. The Labute approximate surface area is 188 Å². The van der Waals surface area contributed by atoms with Crippen LogP contribution >= 0.6 is 0 Å². The molecule has 0 fully saturated rings. The van der Waals surface area contributed by atoms with Gasteiger partial charge in [-0.2, -0.15) is 0 Å². The van der Waals surface area contributed by atoms with E-state index in [0.29, 0.717) is 24.3 Å². The molecule has 0 aromatic heterocycles. The number of carbonyl (C=O) groups excluding carboxylic acids is 1. The molecule has 1 aliphatic rings. The van der Waals surface area contributed by atoms with E-state index in [2.05, 4.69) is 11.2 Å². The number of fused-ring (bicyclic) bond motifs is 1. The molecule has 1 heterocycles. The van der Waals surface area contributed by atoms with Gasteiger partial charge in [-0.05, 0) is 50.0 Å². The van der Waals surface area contributed by atoms with Crippen LogP contribution in [0.1, 0.15) is 53.2 Å². The third-order valence-corrected chi connectivity index (χ3v) is 5.05. The van der Waals surface area contributed by atoms with Crippen molar-refractivity contribution >= 4 is 11.7 Å². The van der Waals surface area contributed by atoms with Gasteiger partial charge in [0, 0.05) is 18.9 Å². The number of esters is 1. The molecule has 0 bridgehead atoms. The van der Waals surface area contributed by atoms with Crippen molar-refractivity contribution in [3.05, 3.63) is 83.0 Å². The normalized spacial score (nSPS) is 20.6. The van der Waals surface area contributed by atoms with Gasteiger partial charge < -0.3 is 19.8 Å². The van der Waals surface area contributed by atoms with Crippen LogP contribution in [0.2, 0.25) is 0 Å². The molecule has 1 aliphatic heterocycles. The smallest absolute Gasteiger partial charge is 0.342 e. The molecule has 0 aliphatic carbocycles. The van der Waals surface area contributed by atoms with Crippen molar-refractivity contribution < 1.29 is 24.6 Å². The molecule has 2 N–H and O–H groups in total. The number of oxime groups is 1. The van der Waals surface area contributed by atoms with Crippen molar-refractivity contribution in [1.82, 2.24) is 0 Å². The van der Waals surface area contributed by atoms with Crippen molar-refractivity contribution in [2.45, 2.75) is 52.2 Å². The van der Waals surface area contributed by atoms with Crippen LogP contribution in [0.15, 0.2) is 65.9 Å². The predicted octanol–water partition coefficient (Wildman–Crippen LogP) is 5.36. The van der Waals surface area contributed by atoms with Crippen LogP contribution < -0.4 is 0 Å². The van der Waals surface area contributed by atoms with Gasteiger partial charge in [-0.25, -0.2) is 4.79 Å². The largest absolute Gasteiger partial charge is 0.508 e. The average Bonchev–Trinajstić information content (AvgIpc) is 2.73. The van der Waals surface area contributed by atoms with Crippen LogP contribution in [-0.4, -0.2) is 28.0 Å². The molecule has 2 aromatic rings. The molecule has 1 unspecified atom stereocenters. The average molecular weight is 436 g/mol. The van der Waals surface area contributed by atoms with Gasteiger partial charge >= 0.3 is 5.97 Å².